The van der Waals surface area contributed by atoms with Gasteiger partial charge in [0.15, 0.2) is 0 Å². The molecule has 0 unspecified atom stereocenters. The van der Waals surface area contributed by atoms with Crippen LogP contribution >= 0.6 is 0 Å². The summed E-state index contributed by atoms with van der Waals surface area (Å²) in [6, 6.07) is 4.23. The maximum Gasteiger partial charge on any atom is 0.236 e. The molecule has 3 atom stereocenters. The lowest BCUT2D eigenvalue weighted by Crippen LogP contribution is -2.56. The van der Waals surface area contributed by atoms with Crippen molar-refractivity contribution in [3.05, 3.63) is 23.7 Å². The standard InChI is InChI=1S/C17H26N2O3/c1-12-7-8-15(22-12)13(2)18-11-17(20)19-9-10-21-16-6-4-3-5-14(16)19/h7-8,13-14,16,18H,3-6,9-11H2,1-2H3/t13-,14-,16+/m0/s1. The Balaban J connectivity index is 1.54. The Labute approximate surface area is 132 Å². The molecule has 2 heterocycles. The van der Waals surface area contributed by atoms with Crippen LogP contribution in [-0.2, 0) is 9.53 Å². The molecule has 1 aliphatic carbocycles. The summed E-state index contributed by atoms with van der Waals surface area (Å²) in [5, 5.41) is 3.28. The third-order valence-corrected chi connectivity index (χ3v) is 4.80. The average Bonchev–Trinajstić information content (AvgIpc) is 2.98. The summed E-state index contributed by atoms with van der Waals surface area (Å²) in [6.07, 6.45) is 4.82. The normalized spacial score (nSPS) is 26.5. The zero-order valence-corrected chi connectivity index (χ0v) is 13.5. The van der Waals surface area contributed by atoms with Gasteiger partial charge in [-0.05, 0) is 38.8 Å². The van der Waals surface area contributed by atoms with Crippen molar-refractivity contribution in [1.82, 2.24) is 10.2 Å². The summed E-state index contributed by atoms with van der Waals surface area (Å²) in [6.45, 7) is 5.69. The molecule has 22 heavy (non-hydrogen) atoms. The lowest BCUT2D eigenvalue weighted by Gasteiger charge is -2.44. The second-order valence-corrected chi connectivity index (χ2v) is 6.40. The molecule has 2 aliphatic rings. The molecule has 1 aliphatic heterocycles. The monoisotopic (exact) mass is 306 g/mol. The van der Waals surface area contributed by atoms with Crippen molar-refractivity contribution in [3.8, 4) is 0 Å². The van der Waals surface area contributed by atoms with E-state index in [-0.39, 0.29) is 24.1 Å². The Morgan fingerprint density at radius 1 is 1.41 bits per heavy atom. The maximum atomic E-state index is 12.6. The zero-order valence-electron chi connectivity index (χ0n) is 13.5. The SMILES string of the molecule is Cc1ccc([C@H](C)NCC(=O)N2CCO[C@@H]3CCCC[C@@H]32)o1. The van der Waals surface area contributed by atoms with Crippen molar-refractivity contribution >= 4 is 5.91 Å². The quantitative estimate of drug-likeness (QED) is 0.928. The van der Waals surface area contributed by atoms with Crippen molar-refractivity contribution < 1.29 is 13.9 Å². The van der Waals surface area contributed by atoms with E-state index in [0.717, 1.165) is 30.9 Å². The number of hydrogen-bond acceptors (Lipinski definition) is 4. The molecule has 1 amide bonds. The fourth-order valence-electron chi connectivity index (χ4n) is 3.53. The van der Waals surface area contributed by atoms with Crippen LogP contribution in [0, 0.1) is 6.92 Å². The van der Waals surface area contributed by atoms with E-state index >= 15 is 0 Å². The van der Waals surface area contributed by atoms with Crippen LogP contribution in [0.15, 0.2) is 16.5 Å². The number of morpholine rings is 1. The molecule has 0 aromatic carbocycles. The third-order valence-electron chi connectivity index (χ3n) is 4.80. The minimum absolute atomic E-state index is 0.0424. The summed E-state index contributed by atoms with van der Waals surface area (Å²) in [4.78, 5) is 14.6. The van der Waals surface area contributed by atoms with Crippen LogP contribution in [0.3, 0.4) is 0 Å². The molecule has 1 saturated heterocycles. The predicted molar refractivity (Wildman–Crippen MR) is 83.6 cm³/mol. The lowest BCUT2D eigenvalue weighted by atomic mass is 9.90. The molecule has 1 saturated carbocycles. The Hall–Kier alpha value is -1.33. The van der Waals surface area contributed by atoms with E-state index < -0.39 is 0 Å². The van der Waals surface area contributed by atoms with E-state index in [1.54, 1.807) is 0 Å². The number of nitrogens with one attached hydrogen (secondary N) is 1. The van der Waals surface area contributed by atoms with Gasteiger partial charge in [0, 0.05) is 6.54 Å². The van der Waals surface area contributed by atoms with Gasteiger partial charge in [-0.3, -0.25) is 10.1 Å². The first-order valence-corrected chi connectivity index (χ1v) is 8.36. The van der Waals surface area contributed by atoms with Crippen molar-refractivity contribution in [2.24, 2.45) is 0 Å². The molecule has 1 aromatic rings. The molecule has 2 fully saturated rings. The van der Waals surface area contributed by atoms with Crippen LogP contribution in [0.2, 0.25) is 0 Å². The van der Waals surface area contributed by atoms with Crippen LogP contribution in [0.5, 0.6) is 0 Å². The van der Waals surface area contributed by atoms with Crippen molar-refractivity contribution in [3.63, 3.8) is 0 Å². The average molecular weight is 306 g/mol. The van der Waals surface area contributed by atoms with Crippen molar-refractivity contribution in [2.45, 2.75) is 57.7 Å². The van der Waals surface area contributed by atoms with E-state index in [9.17, 15) is 4.79 Å². The molecule has 122 valence electrons. The van der Waals surface area contributed by atoms with Crippen LogP contribution in [0.4, 0.5) is 0 Å². The first-order chi connectivity index (χ1) is 10.6. The number of rotatable bonds is 4. The van der Waals surface area contributed by atoms with Gasteiger partial charge in [-0.25, -0.2) is 0 Å². The number of furan rings is 1. The zero-order chi connectivity index (χ0) is 15.5. The van der Waals surface area contributed by atoms with E-state index in [1.807, 2.05) is 30.9 Å². The number of ether oxygens (including phenoxy) is 1. The second-order valence-electron chi connectivity index (χ2n) is 6.40. The van der Waals surface area contributed by atoms with Crippen LogP contribution in [0.25, 0.3) is 0 Å². The highest BCUT2D eigenvalue weighted by Crippen LogP contribution is 2.28. The van der Waals surface area contributed by atoms with E-state index in [0.29, 0.717) is 13.2 Å². The number of hydrogen-bond donors (Lipinski definition) is 1. The summed E-state index contributed by atoms with van der Waals surface area (Å²) in [5.41, 5.74) is 0. The van der Waals surface area contributed by atoms with Gasteiger partial charge in [0.25, 0.3) is 0 Å². The fourth-order valence-corrected chi connectivity index (χ4v) is 3.53. The summed E-state index contributed by atoms with van der Waals surface area (Å²) >= 11 is 0. The molecule has 1 aromatic heterocycles. The minimum atomic E-state index is 0.0424. The molecule has 0 bridgehead atoms. The fraction of sp³-hybridized carbons (Fsp3) is 0.706. The smallest absolute Gasteiger partial charge is 0.236 e. The van der Waals surface area contributed by atoms with Gasteiger partial charge in [-0.15, -0.1) is 0 Å². The summed E-state index contributed by atoms with van der Waals surface area (Å²) in [5.74, 6) is 1.95. The summed E-state index contributed by atoms with van der Waals surface area (Å²) < 4.78 is 11.4. The Morgan fingerprint density at radius 2 is 2.23 bits per heavy atom. The van der Waals surface area contributed by atoms with E-state index in [2.05, 4.69) is 5.32 Å². The largest absolute Gasteiger partial charge is 0.465 e. The minimum Gasteiger partial charge on any atom is -0.465 e. The topological polar surface area (TPSA) is 54.7 Å². The Kier molecular flexibility index (Phi) is 4.84. The van der Waals surface area contributed by atoms with Gasteiger partial charge in [0.05, 0.1) is 31.3 Å². The van der Waals surface area contributed by atoms with E-state index in [4.69, 9.17) is 9.15 Å². The second kappa shape index (κ2) is 6.84. The molecule has 0 spiro atoms. The van der Waals surface area contributed by atoms with Crippen LogP contribution in [-0.4, -0.2) is 42.6 Å². The molecule has 5 heteroatoms. The van der Waals surface area contributed by atoms with Gasteiger partial charge in [0.1, 0.15) is 11.5 Å². The maximum absolute atomic E-state index is 12.6. The highest BCUT2D eigenvalue weighted by atomic mass is 16.5. The first-order valence-electron chi connectivity index (χ1n) is 8.36. The van der Waals surface area contributed by atoms with Crippen molar-refractivity contribution in [1.29, 1.82) is 0 Å². The first kappa shape index (κ1) is 15.6. The lowest BCUT2D eigenvalue weighted by molar-refractivity contribution is -0.148. The van der Waals surface area contributed by atoms with Gasteiger partial charge in [-0.2, -0.15) is 0 Å². The summed E-state index contributed by atoms with van der Waals surface area (Å²) in [7, 11) is 0. The predicted octanol–water partition coefficient (Wildman–Crippen LogP) is 2.41. The van der Waals surface area contributed by atoms with E-state index in [1.165, 1.54) is 12.8 Å². The van der Waals surface area contributed by atoms with Gasteiger partial charge < -0.3 is 14.1 Å². The molecular weight excluding hydrogens is 280 g/mol. The molecule has 3 rings (SSSR count). The highest BCUT2D eigenvalue weighted by molar-refractivity contribution is 5.78. The molecule has 1 N–H and O–H groups in total. The molecule has 5 nitrogen and oxygen atoms in total. The van der Waals surface area contributed by atoms with Gasteiger partial charge in [-0.1, -0.05) is 12.8 Å². The number of fused-ring (bicyclic) bond motifs is 1. The number of nitrogens with zero attached hydrogens (tertiary/aromatic N) is 1. The number of amides is 1. The number of aryl methyl sites for hydroxylation is 1. The third kappa shape index (κ3) is 3.36. The van der Waals surface area contributed by atoms with Gasteiger partial charge in [0.2, 0.25) is 5.91 Å². The van der Waals surface area contributed by atoms with Gasteiger partial charge >= 0.3 is 0 Å². The van der Waals surface area contributed by atoms with Crippen LogP contribution in [0.1, 0.15) is 50.2 Å². The number of carbonyl (C=O) groups is 1. The van der Waals surface area contributed by atoms with Crippen LogP contribution < -0.4 is 5.32 Å². The number of carbonyl (C=O) groups excluding carboxylic acids is 1. The Morgan fingerprint density at radius 3 is 3.00 bits per heavy atom. The van der Waals surface area contributed by atoms with Crippen molar-refractivity contribution in [2.75, 3.05) is 19.7 Å². The molecular formula is C17H26N2O3. The molecule has 0 radical (unpaired) electrons. The highest BCUT2D eigenvalue weighted by Gasteiger charge is 2.36. The Bertz CT molecular complexity index is 512.